The topological polar surface area (TPSA) is 0 Å². The molecule has 0 spiro atoms. The van der Waals surface area contributed by atoms with Crippen molar-refractivity contribution in [1.82, 2.24) is 0 Å². The molecule has 0 aliphatic carbocycles. The van der Waals surface area contributed by atoms with E-state index >= 15 is 0 Å². The molecule has 1 heteroatoms. The molecule has 0 radical (unpaired) electrons. The minimum atomic E-state index is -0.854. The zero-order valence-electron chi connectivity index (χ0n) is 9.90. The number of allylic oxidation sites excluding steroid dienone is 2. The van der Waals surface area contributed by atoms with E-state index in [4.69, 9.17) is 0 Å². The molecule has 0 nitrogen and oxygen atoms in total. The number of hydrogen-bond acceptors (Lipinski definition) is 0. The van der Waals surface area contributed by atoms with E-state index < -0.39 is 8.07 Å². The third-order valence-corrected chi connectivity index (χ3v) is 9.02. The summed E-state index contributed by atoms with van der Waals surface area (Å²) in [6, 6.07) is 5.78. The molecule has 0 fully saturated rings. The molecule has 0 aromatic heterocycles. The van der Waals surface area contributed by atoms with Gasteiger partial charge in [0.1, 0.15) is 0 Å². The van der Waals surface area contributed by atoms with Gasteiger partial charge in [0.25, 0.3) is 0 Å². The Balaban J connectivity index is 3.94. The average Bonchev–Trinajstić information content (AvgIpc) is 2.20. The van der Waals surface area contributed by atoms with Gasteiger partial charge in [0.15, 0.2) is 0 Å². The highest BCUT2D eigenvalue weighted by molar-refractivity contribution is 6.80. The van der Waals surface area contributed by atoms with Gasteiger partial charge in [0.05, 0.1) is 8.07 Å². The Morgan fingerprint density at radius 3 is 1.77 bits per heavy atom. The van der Waals surface area contributed by atoms with Gasteiger partial charge in [-0.05, 0) is 12.5 Å². The highest BCUT2D eigenvalue weighted by Gasteiger charge is 2.24. The van der Waals surface area contributed by atoms with Gasteiger partial charge in [-0.2, -0.15) is 0 Å². The smallest absolute Gasteiger partial charge is 0.0565 e. The van der Waals surface area contributed by atoms with E-state index in [9.17, 15) is 0 Å². The molecule has 0 rings (SSSR count). The van der Waals surface area contributed by atoms with Crippen molar-refractivity contribution in [3.8, 4) is 0 Å². The first-order valence-electron chi connectivity index (χ1n) is 5.89. The van der Waals surface area contributed by atoms with Crippen molar-refractivity contribution in [2.45, 2.75) is 64.7 Å². The highest BCUT2D eigenvalue weighted by Crippen LogP contribution is 2.25. The maximum Gasteiger partial charge on any atom is 0.0565 e. The van der Waals surface area contributed by atoms with Crippen molar-refractivity contribution >= 4 is 8.07 Å². The fourth-order valence-corrected chi connectivity index (χ4v) is 4.83. The van der Waals surface area contributed by atoms with Gasteiger partial charge in [0, 0.05) is 0 Å². The van der Waals surface area contributed by atoms with E-state index in [0.29, 0.717) is 0 Å². The average molecular weight is 198 g/mol. The van der Waals surface area contributed by atoms with Crippen molar-refractivity contribution in [3.05, 3.63) is 12.2 Å². The molecular formula is C12H26Si. The van der Waals surface area contributed by atoms with Crippen LogP contribution in [0.25, 0.3) is 0 Å². The number of hydrogen-bond donors (Lipinski definition) is 0. The van der Waals surface area contributed by atoms with Gasteiger partial charge in [-0.15, -0.1) is 0 Å². The lowest BCUT2D eigenvalue weighted by atomic mass is 10.3. The Labute approximate surface area is 85.4 Å². The Hall–Kier alpha value is -0.0431. The number of rotatable bonds is 7. The molecule has 0 unspecified atom stereocenters. The maximum absolute atomic E-state index is 2.45. The SMILES string of the molecule is CCC/C=C/C[Si](CC)(CC)CC. The van der Waals surface area contributed by atoms with E-state index in [0.717, 1.165) is 0 Å². The van der Waals surface area contributed by atoms with Crippen LogP contribution < -0.4 is 0 Å². The van der Waals surface area contributed by atoms with Crippen LogP contribution in [0.1, 0.15) is 40.5 Å². The maximum atomic E-state index is 2.45. The van der Waals surface area contributed by atoms with Crippen LogP contribution in [0.15, 0.2) is 12.2 Å². The zero-order chi connectivity index (χ0) is 10.2. The molecule has 0 aromatic rings. The Bertz CT molecular complexity index is 126. The Kier molecular flexibility index (Phi) is 7.34. The lowest BCUT2D eigenvalue weighted by molar-refractivity contribution is 0.956. The van der Waals surface area contributed by atoms with Gasteiger partial charge < -0.3 is 0 Å². The molecule has 0 amide bonds. The molecule has 0 aliphatic rings. The van der Waals surface area contributed by atoms with Crippen molar-refractivity contribution in [2.24, 2.45) is 0 Å². The third-order valence-electron chi connectivity index (χ3n) is 3.42. The van der Waals surface area contributed by atoms with Gasteiger partial charge in [0.2, 0.25) is 0 Å². The van der Waals surface area contributed by atoms with Crippen molar-refractivity contribution in [3.63, 3.8) is 0 Å². The molecule has 0 saturated carbocycles. The van der Waals surface area contributed by atoms with Crippen LogP contribution in [0.4, 0.5) is 0 Å². The third kappa shape index (κ3) is 4.66. The summed E-state index contributed by atoms with van der Waals surface area (Å²) in [5, 5.41) is 0. The first kappa shape index (κ1) is 13.0. The van der Waals surface area contributed by atoms with Crippen molar-refractivity contribution in [2.75, 3.05) is 0 Å². The molecule has 0 aliphatic heterocycles. The molecule has 78 valence electrons. The van der Waals surface area contributed by atoms with E-state index in [-0.39, 0.29) is 0 Å². The molecule has 0 atom stereocenters. The van der Waals surface area contributed by atoms with Crippen LogP contribution in [0.2, 0.25) is 24.2 Å². The van der Waals surface area contributed by atoms with Crippen LogP contribution in [0, 0.1) is 0 Å². The quantitative estimate of drug-likeness (QED) is 0.405. The molecule has 0 heterocycles. The normalized spacial score (nSPS) is 12.6. The molecule has 0 N–H and O–H groups in total. The minimum absolute atomic E-state index is 0.854. The second-order valence-corrected chi connectivity index (χ2v) is 9.55. The van der Waals surface area contributed by atoms with Gasteiger partial charge in [-0.25, -0.2) is 0 Å². The summed E-state index contributed by atoms with van der Waals surface area (Å²) in [5.74, 6) is 0. The van der Waals surface area contributed by atoms with Gasteiger partial charge in [-0.1, -0.05) is 64.4 Å². The summed E-state index contributed by atoms with van der Waals surface area (Å²) in [6.45, 7) is 9.39. The number of unbranched alkanes of at least 4 members (excludes halogenated alkanes) is 1. The van der Waals surface area contributed by atoms with Gasteiger partial charge >= 0.3 is 0 Å². The van der Waals surface area contributed by atoms with Crippen LogP contribution >= 0.6 is 0 Å². The summed E-state index contributed by atoms with van der Waals surface area (Å²) in [5.41, 5.74) is 0. The summed E-state index contributed by atoms with van der Waals surface area (Å²) < 4.78 is 0. The predicted molar refractivity (Wildman–Crippen MR) is 66.1 cm³/mol. The van der Waals surface area contributed by atoms with Crippen LogP contribution in [-0.2, 0) is 0 Å². The summed E-state index contributed by atoms with van der Waals surface area (Å²) in [4.78, 5) is 0. The molecule has 13 heavy (non-hydrogen) atoms. The van der Waals surface area contributed by atoms with Gasteiger partial charge in [-0.3, -0.25) is 0 Å². The summed E-state index contributed by atoms with van der Waals surface area (Å²) in [7, 11) is -0.854. The molecule has 0 aromatic carbocycles. The van der Waals surface area contributed by atoms with Crippen LogP contribution in [0.3, 0.4) is 0 Å². The minimum Gasteiger partial charge on any atom is -0.0912 e. The highest BCUT2D eigenvalue weighted by atomic mass is 28.3. The summed E-state index contributed by atoms with van der Waals surface area (Å²) in [6.07, 6.45) is 7.38. The fraction of sp³-hybridized carbons (Fsp3) is 0.833. The first-order chi connectivity index (χ1) is 6.24. The van der Waals surface area contributed by atoms with E-state index in [1.165, 1.54) is 37.0 Å². The molecule has 0 bridgehead atoms. The Morgan fingerprint density at radius 2 is 1.38 bits per heavy atom. The monoisotopic (exact) mass is 198 g/mol. The summed E-state index contributed by atoms with van der Waals surface area (Å²) >= 11 is 0. The zero-order valence-corrected chi connectivity index (χ0v) is 10.9. The standard InChI is InChI=1S/C12H26Si/c1-5-9-10-11-12-13(6-2,7-3)8-4/h10-11H,5-9,12H2,1-4H3/b11-10+. The molecular weight excluding hydrogens is 172 g/mol. The van der Waals surface area contributed by atoms with E-state index in [1.807, 2.05) is 0 Å². The fourth-order valence-electron chi connectivity index (χ4n) is 1.80. The Morgan fingerprint density at radius 1 is 0.846 bits per heavy atom. The lowest BCUT2D eigenvalue weighted by Gasteiger charge is -2.26. The second-order valence-electron chi connectivity index (χ2n) is 4.02. The second kappa shape index (κ2) is 7.37. The van der Waals surface area contributed by atoms with E-state index in [1.54, 1.807) is 0 Å². The van der Waals surface area contributed by atoms with Crippen molar-refractivity contribution in [1.29, 1.82) is 0 Å². The lowest BCUT2D eigenvalue weighted by Crippen LogP contribution is -2.29. The van der Waals surface area contributed by atoms with Crippen LogP contribution in [-0.4, -0.2) is 8.07 Å². The van der Waals surface area contributed by atoms with Crippen LogP contribution in [0.5, 0.6) is 0 Å². The first-order valence-corrected chi connectivity index (χ1v) is 8.72. The van der Waals surface area contributed by atoms with Crippen molar-refractivity contribution < 1.29 is 0 Å². The molecule has 0 saturated heterocycles. The van der Waals surface area contributed by atoms with E-state index in [2.05, 4.69) is 39.8 Å². The largest absolute Gasteiger partial charge is 0.0912 e. The predicted octanol–water partition coefficient (Wildman–Crippen LogP) is 4.85.